The van der Waals surface area contributed by atoms with Crippen molar-refractivity contribution in [2.75, 3.05) is 36.8 Å². The Morgan fingerprint density at radius 2 is 1.35 bits per heavy atom. The van der Waals surface area contributed by atoms with Crippen molar-refractivity contribution < 1.29 is 0 Å². The molecule has 4 heteroatoms. The number of anilines is 2. The van der Waals surface area contributed by atoms with Gasteiger partial charge in [-0.1, -0.05) is 60.7 Å². The van der Waals surface area contributed by atoms with E-state index < -0.39 is 0 Å². The monoisotopic (exact) mass is 344 g/mol. The van der Waals surface area contributed by atoms with Crippen molar-refractivity contribution in [2.45, 2.75) is 6.04 Å². The highest BCUT2D eigenvalue weighted by Gasteiger charge is 2.26. The van der Waals surface area contributed by atoms with Crippen molar-refractivity contribution in [1.82, 2.24) is 9.88 Å². The number of nitrogen functional groups attached to an aromatic ring is 1. The number of nitrogens with two attached hydrogens (primary N) is 1. The second-order valence-corrected chi connectivity index (χ2v) is 6.68. The molecule has 1 aromatic heterocycles. The lowest BCUT2D eigenvalue weighted by atomic mass is 9.96. The van der Waals surface area contributed by atoms with Crippen molar-refractivity contribution >= 4 is 11.4 Å². The molecule has 0 saturated carbocycles. The van der Waals surface area contributed by atoms with Crippen LogP contribution in [0.25, 0.3) is 0 Å². The molecule has 132 valence electrons. The van der Waals surface area contributed by atoms with Gasteiger partial charge in [-0.05, 0) is 17.2 Å². The summed E-state index contributed by atoms with van der Waals surface area (Å²) in [6.07, 6.45) is 3.55. The molecule has 26 heavy (non-hydrogen) atoms. The number of hydrogen-bond acceptors (Lipinski definition) is 4. The predicted molar refractivity (Wildman–Crippen MR) is 107 cm³/mol. The number of piperazine rings is 1. The topological polar surface area (TPSA) is 45.4 Å². The fourth-order valence-electron chi connectivity index (χ4n) is 3.79. The largest absolute Gasteiger partial charge is 0.396 e. The Bertz CT molecular complexity index is 788. The Balaban J connectivity index is 1.56. The quantitative estimate of drug-likeness (QED) is 0.786. The summed E-state index contributed by atoms with van der Waals surface area (Å²) in [5.74, 6) is 0. The fourth-order valence-corrected chi connectivity index (χ4v) is 3.79. The molecule has 0 bridgehead atoms. The zero-order chi connectivity index (χ0) is 17.8. The molecule has 3 aromatic rings. The number of aromatic nitrogens is 1. The summed E-state index contributed by atoms with van der Waals surface area (Å²) >= 11 is 0. The highest BCUT2D eigenvalue weighted by Crippen LogP contribution is 2.31. The third-order valence-corrected chi connectivity index (χ3v) is 5.08. The minimum Gasteiger partial charge on any atom is -0.396 e. The summed E-state index contributed by atoms with van der Waals surface area (Å²) in [5.41, 5.74) is 10.6. The number of benzene rings is 2. The maximum atomic E-state index is 6.11. The van der Waals surface area contributed by atoms with Gasteiger partial charge in [0.15, 0.2) is 0 Å². The maximum Gasteiger partial charge on any atom is 0.0738 e. The van der Waals surface area contributed by atoms with Crippen LogP contribution in [0.4, 0.5) is 11.4 Å². The van der Waals surface area contributed by atoms with E-state index in [-0.39, 0.29) is 6.04 Å². The molecule has 2 aromatic carbocycles. The Morgan fingerprint density at radius 1 is 0.769 bits per heavy atom. The maximum absolute atomic E-state index is 6.11. The van der Waals surface area contributed by atoms with Crippen LogP contribution >= 0.6 is 0 Å². The molecule has 0 unspecified atom stereocenters. The van der Waals surface area contributed by atoms with Gasteiger partial charge in [-0.2, -0.15) is 0 Å². The number of rotatable bonds is 4. The van der Waals surface area contributed by atoms with Crippen LogP contribution in [-0.2, 0) is 0 Å². The van der Waals surface area contributed by atoms with Crippen molar-refractivity contribution in [1.29, 1.82) is 0 Å². The molecule has 1 aliphatic heterocycles. The molecule has 0 aliphatic carbocycles. The molecule has 2 N–H and O–H groups in total. The van der Waals surface area contributed by atoms with Crippen molar-refractivity contribution in [3.05, 3.63) is 90.3 Å². The van der Waals surface area contributed by atoms with Gasteiger partial charge in [0.2, 0.25) is 0 Å². The van der Waals surface area contributed by atoms with Gasteiger partial charge in [-0.3, -0.25) is 9.88 Å². The van der Waals surface area contributed by atoms with Crippen molar-refractivity contribution in [3.8, 4) is 0 Å². The van der Waals surface area contributed by atoms with Crippen molar-refractivity contribution in [2.24, 2.45) is 0 Å². The smallest absolute Gasteiger partial charge is 0.0738 e. The molecule has 1 saturated heterocycles. The van der Waals surface area contributed by atoms with Crippen LogP contribution in [0.2, 0.25) is 0 Å². The van der Waals surface area contributed by atoms with E-state index >= 15 is 0 Å². The molecule has 4 nitrogen and oxygen atoms in total. The van der Waals surface area contributed by atoms with Crippen LogP contribution in [0.3, 0.4) is 0 Å². The molecule has 0 radical (unpaired) electrons. The molecule has 0 amide bonds. The number of nitrogens with zero attached hydrogens (tertiary/aromatic N) is 3. The van der Waals surface area contributed by atoms with Gasteiger partial charge in [-0.25, -0.2) is 0 Å². The number of hydrogen-bond donors (Lipinski definition) is 1. The van der Waals surface area contributed by atoms with E-state index in [4.69, 9.17) is 5.73 Å². The summed E-state index contributed by atoms with van der Waals surface area (Å²) in [5, 5.41) is 0. The van der Waals surface area contributed by atoms with E-state index in [1.165, 1.54) is 11.1 Å². The third kappa shape index (κ3) is 3.41. The van der Waals surface area contributed by atoms with Gasteiger partial charge in [-0.15, -0.1) is 0 Å². The molecule has 4 rings (SSSR count). The van der Waals surface area contributed by atoms with Gasteiger partial charge in [0.05, 0.1) is 23.6 Å². The number of pyridine rings is 1. The standard InChI is InChI=1S/C22H24N4/c23-20-17-24-12-11-21(20)25-13-15-26(16-14-25)22(18-7-3-1-4-8-18)19-9-5-2-6-10-19/h1-12,17,22H,13-16,23H2. The molecule has 0 spiro atoms. The first-order valence-electron chi connectivity index (χ1n) is 9.11. The average molecular weight is 344 g/mol. The predicted octanol–water partition coefficient (Wildman–Crippen LogP) is 3.58. The zero-order valence-corrected chi connectivity index (χ0v) is 14.8. The van der Waals surface area contributed by atoms with E-state index in [1.54, 1.807) is 6.20 Å². The lowest BCUT2D eigenvalue weighted by molar-refractivity contribution is 0.212. The second-order valence-electron chi connectivity index (χ2n) is 6.68. The average Bonchev–Trinajstić information content (AvgIpc) is 2.71. The van der Waals surface area contributed by atoms with Gasteiger partial charge < -0.3 is 10.6 Å². The summed E-state index contributed by atoms with van der Waals surface area (Å²) < 4.78 is 0. The van der Waals surface area contributed by atoms with Crippen LogP contribution < -0.4 is 10.6 Å². The SMILES string of the molecule is Nc1cnccc1N1CCN(C(c2ccccc2)c2ccccc2)CC1. The Labute approximate surface area is 154 Å². The highest BCUT2D eigenvalue weighted by atomic mass is 15.3. The van der Waals surface area contributed by atoms with E-state index in [0.29, 0.717) is 0 Å². The van der Waals surface area contributed by atoms with Crippen LogP contribution in [0, 0.1) is 0 Å². The lowest BCUT2D eigenvalue weighted by Gasteiger charge is -2.41. The van der Waals surface area contributed by atoms with Crippen LogP contribution in [-0.4, -0.2) is 36.1 Å². The van der Waals surface area contributed by atoms with Gasteiger partial charge in [0.25, 0.3) is 0 Å². The third-order valence-electron chi connectivity index (χ3n) is 5.08. The van der Waals surface area contributed by atoms with Crippen LogP contribution in [0.15, 0.2) is 79.1 Å². The van der Waals surface area contributed by atoms with E-state index in [2.05, 4.69) is 75.4 Å². The molecule has 2 heterocycles. The zero-order valence-electron chi connectivity index (χ0n) is 14.8. The van der Waals surface area contributed by atoms with Crippen molar-refractivity contribution in [3.63, 3.8) is 0 Å². The summed E-state index contributed by atoms with van der Waals surface area (Å²) in [7, 11) is 0. The van der Waals surface area contributed by atoms with Gasteiger partial charge >= 0.3 is 0 Å². The Kier molecular flexibility index (Phi) is 4.84. The second kappa shape index (κ2) is 7.58. The minimum atomic E-state index is 0.286. The highest BCUT2D eigenvalue weighted by molar-refractivity contribution is 5.66. The van der Waals surface area contributed by atoms with Gasteiger partial charge in [0, 0.05) is 32.4 Å². The molecule has 1 fully saturated rings. The molecular weight excluding hydrogens is 320 g/mol. The summed E-state index contributed by atoms with van der Waals surface area (Å²) in [4.78, 5) is 9.03. The minimum absolute atomic E-state index is 0.286. The molecular formula is C22H24N4. The summed E-state index contributed by atoms with van der Waals surface area (Å²) in [6, 6.07) is 23.9. The lowest BCUT2D eigenvalue weighted by Crippen LogP contribution is -2.48. The first-order chi connectivity index (χ1) is 12.8. The molecule has 0 atom stereocenters. The summed E-state index contributed by atoms with van der Waals surface area (Å²) in [6.45, 7) is 3.92. The Hall–Kier alpha value is -2.85. The first-order valence-corrected chi connectivity index (χ1v) is 9.11. The van der Waals surface area contributed by atoms with E-state index in [1.807, 2.05) is 12.3 Å². The Morgan fingerprint density at radius 3 is 1.88 bits per heavy atom. The normalized spacial score (nSPS) is 15.3. The molecule has 1 aliphatic rings. The van der Waals surface area contributed by atoms with E-state index in [0.717, 1.165) is 37.6 Å². The first kappa shape index (κ1) is 16.6. The van der Waals surface area contributed by atoms with Crippen LogP contribution in [0.1, 0.15) is 17.2 Å². The fraction of sp³-hybridized carbons (Fsp3) is 0.227. The van der Waals surface area contributed by atoms with Gasteiger partial charge in [0.1, 0.15) is 0 Å². The van der Waals surface area contributed by atoms with E-state index in [9.17, 15) is 0 Å². The van der Waals surface area contributed by atoms with Crippen LogP contribution in [0.5, 0.6) is 0 Å².